The van der Waals surface area contributed by atoms with E-state index >= 15 is 0 Å². The average molecular weight is 376 g/mol. The van der Waals surface area contributed by atoms with Crippen LogP contribution in [-0.4, -0.2) is 38.9 Å². The second kappa shape index (κ2) is 6.44. The quantitative estimate of drug-likeness (QED) is 0.755. The first-order valence-corrected chi connectivity index (χ1v) is 8.85. The number of halogens is 1. The number of amidine groups is 1. The van der Waals surface area contributed by atoms with Gasteiger partial charge in [-0.3, -0.25) is 15.0 Å². The van der Waals surface area contributed by atoms with E-state index in [1.165, 1.54) is 0 Å². The van der Waals surface area contributed by atoms with E-state index in [2.05, 4.69) is 30.2 Å². The maximum absolute atomic E-state index is 6.37. The molecule has 7 nitrogen and oxygen atoms in total. The largest absolute Gasteiger partial charge is 0.324 e. The lowest BCUT2D eigenvalue weighted by atomic mass is 9.99. The standard InChI is InChI=1S/C19H14ClN7/c20-16-11-22-6-3-14(16)15-9-12-10-24-19(25-13-1-4-21-5-2-13)26-17(12)27-8-7-23-18(15)27/h1-6,9-11H,7-8H2,(H,21,24,25,26). The zero-order valence-corrected chi connectivity index (χ0v) is 14.9. The Morgan fingerprint density at radius 1 is 1.04 bits per heavy atom. The van der Waals surface area contributed by atoms with Gasteiger partial charge in [0.2, 0.25) is 5.95 Å². The topological polar surface area (TPSA) is 79.2 Å². The number of nitrogens with zero attached hydrogens (tertiary/aromatic N) is 6. The first-order chi connectivity index (χ1) is 13.3. The van der Waals surface area contributed by atoms with Gasteiger partial charge in [0.05, 0.1) is 11.6 Å². The average Bonchev–Trinajstić information content (AvgIpc) is 3.19. The van der Waals surface area contributed by atoms with Gasteiger partial charge < -0.3 is 10.2 Å². The third-order valence-corrected chi connectivity index (χ3v) is 4.73. The lowest BCUT2D eigenvalue weighted by Gasteiger charge is -2.27. The fourth-order valence-corrected chi connectivity index (χ4v) is 3.44. The van der Waals surface area contributed by atoms with Crippen molar-refractivity contribution >= 4 is 46.5 Å². The molecule has 27 heavy (non-hydrogen) atoms. The maximum atomic E-state index is 6.37. The molecule has 132 valence electrons. The predicted octanol–water partition coefficient (Wildman–Crippen LogP) is 3.44. The van der Waals surface area contributed by atoms with Gasteiger partial charge in [-0.05, 0) is 24.3 Å². The van der Waals surface area contributed by atoms with E-state index in [4.69, 9.17) is 16.6 Å². The fraction of sp³-hybridized carbons (Fsp3) is 0.105. The van der Waals surface area contributed by atoms with Crippen LogP contribution in [0.5, 0.6) is 0 Å². The highest BCUT2D eigenvalue weighted by atomic mass is 35.5. The summed E-state index contributed by atoms with van der Waals surface area (Å²) in [4.78, 5) is 24.0. The van der Waals surface area contributed by atoms with Gasteiger partial charge >= 0.3 is 0 Å². The van der Waals surface area contributed by atoms with Gasteiger partial charge in [0.15, 0.2) is 0 Å². The minimum absolute atomic E-state index is 0.532. The monoisotopic (exact) mass is 375 g/mol. The van der Waals surface area contributed by atoms with Gasteiger partial charge in [0.1, 0.15) is 11.7 Å². The van der Waals surface area contributed by atoms with E-state index in [9.17, 15) is 0 Å². The molecule has 3 aromatic rings. The first kappa shape index (κ1) is 15.9. The molecule has 5 rings (SSSR count). The Bertz CT molecular complexity index is 1080. The highest BCUT2D eigenvalue weighted by Gasteiger charge is 2.31. The Labute approximate surface area is 160 Å². The Kier molecular flexibility index (Phi) is 3.79. The molecule has 2 aliphatic heterocycles. The number of pyridine rings is 2. The lowest BCUT2D eigenvalue weighted by Crippen LogP contribution is -2.32. The SMILES string of the molecule is Clc1cnccc1C1=Cc2cnc(Nc3ccncc3)nc2N2CCN=C12. The zero-order chi connectivity index (χ0) is 18.2. The number of hydrogen-bond acceptors (Lipinski definition) is 7. The third-order valence-electron chi connectivity index (χ3n) is 4.43. The van der Waals surface area contributed by atoms with Crippen LogP contribution in [0.2, 0.25) is 5.02 Å². The van der Waals surface area contributed by atoms with E-state index in [0.717, 1.165) is 40.6 Å². The van der Waals surface area contributed by atoms with Crippen LogP contribution in [0.1, 0.15) is 11.1 Å². The smallest absolute Gasteiger partial charge is 0.229 e. The van der Waals surface area contributed by atoms with Crippen molar-refractivity contribution in [3.8, 4) is 0 Å². The molecule has 0 radical (unpaired) electrons. The molecule has 0 spiro atoms. The first-order valence-electron chi connectivity index (χ1n) is 8.47. The number of fused-ring (bicyclic) bond motifs is 3. The Morgan fingerprint density at radius 3 is 2.74 bits per heavy atom. The Hall–Kier alpha value is -3.32. The van der Waals surface area contributed by atoms with Crippen molar-refractivity contribution in [2.75, 3.05) is 23.3 Å². The summed E-state index contributed by atoms with van der Waals surface area (Å²) >= 11 is 6.37. The zero-order valence-electron chi connectivity index (χ0n) is 14.2. The summed E-state index contributed by atoms with van der Waals surface area (Å²) in [7, 11) is 0. The van der Waals surface area contributed by atoms with Crippen LogP contribution in [0.15, 0.2) is 54.2 Å². The normalized spacial score (nSPS) is 14.9. The third kappa shape index (κ3) is 2.82. The van der Waals surface area contributed by atoms with Crippen LogP contribution in [-0.2, 0) is 0 Å². The highest BCUT2D eigenvalue weighted by molar-refractivity contribution is 6.40. The lowest BCUT2D eigenvalue weighted by molar-refractivity contribution is 0.987. The second-order valence-electron chi connectivity index (χ2n) is 6.10. The van der Waals surface area contributed by atoms with Crippen molar-refractivity contribution < 1.29 is 0 Å². The van der Waals surface area contributed by atoms with Crippen molar-refractivity contribution in [3.63, 3.8) is 0 Å². The summed E-state index contributed by atoms with van der Waals surface area (Å²) in [5, 5.41) is 3.80. The van der Waals surface area contributed by atoms with Crippen LogP contribution in [0.4, 0.5) is 17.5 Å². The number of aromatic nitrogens is 4. The molecule has 3 aromatic heterocycles. The number of rotatable bonds is 3. The number of aliphatic imine (C=N–C) groups is 1. The molecule has 8 heteroatoms. The van der Waals surface area contributed by atoms with Crippen molar-refractivity contribution in [2.45, 2.75) is 0 Å². The molecule has 1 N–H and O–H groups in total. The van der Waals surface area contributed by atoms with Crippen molar-refractivity contribution in [1.82, 2.24) is 19.9 Å². The van der Waals surface area contributed by atoms with Crippen molar-refractivity contribution in [2.24, 2.45) is 4.99 Å². The minimum Gasteiger partial charge on any atom is -0.324 e. The summed E-state index contributed by atoms with van der Waals surface area (Å²) in [6.45, 7) is 1.49. The molecule has 2 aliphatic rings. The second-order valence-corrected chi connectivity index (χ2v) is 6.51. The number of hydrogen-bond donors (Lipinski definition) is 1. The summed E-state index contributed by atoms with van der Waals surface area (Å²) in [6, 6.07) is 5.64. The van der Waals surface area contributed by atoms with Gasteiger partial charge in [-0.15, -0.1) is 0 Å². The van der Waals surface area contributed by atoms with E-state index in [1.807, 2.05) is 30.5 Å². The van der Waals surface area contributed by atoms with E-state index in [1.54, 1.807) is 24.8 Å². The highest BCUT2D eigenvalue weighted by Crippen LogP contribution is 2.37. The minimum atomic E-state index is 0.532. The van der Waals surface area contributed by atoms with E-state index < -0.39 is 0 Å². The number of nitrogens with one attached hydrogen (secondary N) is 1. The van der Waals surface area contributed by atoms with Gasteiger partial charge in [-0.2, -0.15) is 4.98 Å². The van der Waals surface area contributed by atoms with E-state index in [-0.39, 0.29) is 0 Å². The Balaban J connectivity index is 1.58. The molecule has 0 amide bonds. The molecular formula is C19H14ClN7. The van der Waals surface area contributed by atoms with Crippen molar-refractivity contribution in [3.05, 3.63) is 65.3 Å². The molecule has 5 heterocycles. The van der Waals surface area contributed by atoms with Crippen LogP contribution in [0.3, 0.4) is 0 Å². The summed E-state index contributed by atoms with van der Waals surface area (Å²) < 4.78 is 0. The van der Waals surface area contributed by atoms with Crippen LogP contribution in [0, 0.1) is 0 Å². The summed E-state index contributed by atoms with van der Waals surface area (Å²) in [5.74, 6) is 2.25. The van der Waals surface area contributed by atoms with Crippen LogP contribution < -0.4 is 10.2 Å². The summed E-state index contributed by atoms with van der Waals surface area (Å²) in [5.41, 5.74) is 3.68. The summed E-state index contributed by atoms with van der Waals surface area (Å²) in [6.07, 6.45) is 10.7. The van der Waals surface area contributed by atoms with Gasteiger partial charge in [0, 0.05) is 59.9 Å². The Morgan fingerprint density at radius 2 is 1.89 bits per heavy atom. The van der Waals surface area contributed by atoms with Gasteiger partial charge in [0.25, 0.3) is 0 Å². The molecule has 0 fully saturated rings. The molecule has 0 aromatic carbocycles. The van der Waals surface area contributed by atoms with Gasteiger partial charge in [-0.1, -0.05) is 11.6 Å². The van der Waals surface area contributed by atoms with Gasteiger partial charge in [-0.25, -0.2) is 4.98 Å². The fourth-order valence-electron chi connectivity index (χ4n) is 3.22. The molecule has 0 bridgehead atoms. The molecule has 0 saturated carbocycles. The van der Waals surface area contributed by atoms with E-state index in [0.29, 0.717) is 17.5 Å². The molecule has 0 unspecified atom stereocenters. The molecule has 0 atom stereocenters. The molecular weight excluding hydrogens is 362 g/mol. The number of anilines is 3. The predicted molar refractivity (Wildman–Crippen MR) is 106 cm³/mol. The van der Waals surface area contributed by atoms with Crippen molar-refractivity contribution in [1.29, 1.82) is 0 Å². The van der Waals surface area contributed by atoms with Crippen LogP contribution >= 0.6 is 11.6 Å². The maximum Gasteiger partial charge on any atom is 0.229 e. The molecule has 0 saturated heterocycles. The molecule has 0 aliphatic carbocycles. The van der Waals surface area contributed by atoms with Crippen LogP contribution in [0.25, 0.3) is 11.6 Å².